The lowest BCUT2D eigenvalue weighted by Gasteiger charge is -2.22. The Balaban J connectivity index is 1.48. The van der Waals surface area contributed by atoms with Gasteiger partial charge in [-0.15, -0.1) is 0 Å². The van der Waals surface area contributed by atoms with Crippen molar-refractivity contribution in [1.29, 1.82) is 0 Å². The van der Waals surface area contributed by atoms with Gasteiger partial charge in [0.05, 0.1) is 11.4 Å². The van der Waals surface area contributed by atoms with Gasteiger partial charge in [-0.2, -0.15) is 0 Å². The number of fused-ring (bicyclic) bond motifs is 1. The van der Waals surface area contributed by atoms with Gasteiger partial charge in [0.25, 0.3) is 11.8 Å². The van der Waals surface area contributed by atoms with E-state index in [1.807, 2.05) is 54.6 Å². The molecule has 1 aliphatic rings. The molecule has 2 atom stereocenters. The average Bonchev–Trinajstić information content (AvgIpc) is 2.99. The minimum absolute atomic E-state index is 0.318. The van der Waals surface area contributed by atoms with Gasteiger partial charge in [0.2, 0.25) is 12.1 Å². The van der Waals surface area contributed by atoms with Crippen molar-refractivity contribution < 1.29 is 23.5 Å². The highest BCUT2D eigenvalue weighted by atomic mass is 19.1. The molecule has 3 amide bonds. The predicted octanol–water partition coefficient (Wildman–Crippen LogP) is 2.67. The van der Waals surface area contributed by atoms with Crippen LogP contribution in [-0.2, 0) is 14.4 Å². The molecule has 1 aliphatic heterocycles. The number of halogens is 1. The normalized spacial score (nSPS) is 15.8. The van der Waals surface area contributed by atoms with Gasteiger partial charge < -0.3 is 20.3 Å². The number of carbonyl (C=O) groups excluding carboxylic acids is 3. The molecule has 9 heteroatoms. The van der Waals surface area contributed by atoms with E-state index in [4.69, 9.17) is 4.74 Å². The first kappa shape index (κ1) is 24.6. The number of rotatable bonds is 7. The van der Waals surface area contributed by atoms with Crippen molar-refractivity contribution in [1.82, 2.24) is 10.6 Å². The molecule has 8 nitrogen and oxygen atoms in total. The van der Waals surface area contributed by atoms with Gasteiger partial charge in [0.1, 0.15) is 17.6 Å². The van der Waals surface area contributed by atoms with E-state index < -0.39 is 35.7 Å². The summed E-state index contributed by atoms with van der Waals surface area (Å²) in [6, 6.07) is 21.0. The number of anilines is 1. The van der Waals surface area contributed by atoms with Crippen LogP contribution in [0.5, 0.6) is 5.75 Å². The number of hydrogen-bond donors (Lipinski definition) is 2. The molecule has 184 valence electrons. The molecule has 1 heterocycles. The third-order valence-corrected chi connectivity index (χ3v) is 5.62. The summed E-state index contributed by atoms with van der Waals surface area (Å²) in [5.74, 6) is -1.65. The predicted molar refractivity (Wildman–Crippen MR) is 133 cm³/mol. The number of ether oxygens (including phenoxy) is 1. The average molecular weight is 489 g/mol. The number of aliphatic imine (C=N–C) groups is 1. The first-order chi connectivity index (χ1) is 17.3. The molecule has 0 saturated heterocycles. The topological polar surface area (TPSA) is 100 Å². The molecule has 3 aromatic carbocycles. The van der Waals surface area contributed by atoms with Crippen LogP contribution in [0.3, 0.4) is 0 Å². The van der Waals surface area contributed by atoms with Crippen LogP contribution in [-0.4, -0.2) is 49.3 Å². The molecule has 0 fully saturated rings. The zero-order valence-electron chi connectivity index (χ0n) is 19.8. The Bertz CT molecular complexity index is 1290. The summed E-state index contributed by atoms with van der Waals surface area (Å²) < 4.78 is 18.3. The molecule has 0 saturated carbocycles. The molecule has 36 heavy (non-hydrogen) atoms. The second-order valence-electron chi connectivity index (χ2n) is 8.20. The van der Waals surface area contributed by atoms with Crippen LogP contribution in [0, 0.1) is 5.82 Å². The zero-order valence-corrected chi connectivity index (χ0v) is 19.8. The highest BCUT2D eigenvalue weighted by Gasteiger charge is 2.32. The van der Waals surface area contributed by atoms with Gasteiger partial charge in [-0.05, 0) is 37.3 Å². The summed E-state index contributed by atoms with van der Waals surface area (Å²) in [6.45, 7) is 1.13. The van der Waals surface area contributed by atoms with Crippen molar-refractivity contribution in [3.8, 4) is 5.75 Å². The van der Waals surface area contributed by atoms with Crippen molar-refractivity contribution in [3.05, 3.63) is 95.8 Å². The van der Waals surface area contributed by atoms with E-state index >= 15 is 0 Å². The molecule has 0 aromatic heterocycles. The van der Waals surface area contributed by atoms with E-state index in [0.717, 1.165) is 11.1 Å². The van der Waals surface area contributed by atoms with Crippen LogP contribution >= 0.6 is 0 Å². The Labute approximate surface area is 207 Å². The number of nitrogens with zero attached hydrogens (tertiary/aromatic N) is 2. The van der Waals surface area contributed by atoms with Gasteiger partial charge in [0.15, 0.2) is 6.61 Å². The molecule has 0 spiro atoms. The second kappa shape index (κ2) is 10.8. The summed E-state index contributed by atoms with van der Waals surface area (Å²) in [6.07, 6.45) is -1.19. The number of likely N-dealkylation sites (N-methyl/N-ethyl adjacent to an activating group) is 1. The minimum Gasteiger partial charge on any atom is -0.484 e. The lowest BCUT2D eigenvalue weighted by atomic mass is 10.0. The van der Waals surface area contributed by atoms with Crippen LogP contribution < -0.4 is 20.3 Å². The van der Waals surface area contributed by atoms with Crippen LogP contribution in [0.25, 0.3) is 0 Å². The fraction of sp³-hybridized carbons (Fsp3) is 0.185. The van der Waals surface area contributed by atoms with E-state index in [9.17, 15) is 18.8 Å². The summed E-state index contributed by atoms with van der Waals surface area (Å²) in [7, 11) is 1.63. The van der Waals surface area contributed by atoms with Gasteiger partial charge in [-0.3, -0.25) is 14.4 Å². The van der Waals surface area contributed by atoms with Crippen LogP contribution in [0.1, 0.15) is 18.1 Å². The summed E-state index contributed by atoms with van der Waals surface area (Å²) in [4.78, 5) is 44.5. The fourth-order valence-corrected chi connectivity index (χ4v) is 3.73. The SMILES string of the molecule is C[C@H](NC(=O)COc1ccc(F)cc1)C(=O)NC1N=C(c2ccccc2)c2ccccc2N(C)C1=O. The molecular formula is C27H25FN4O4. The maximum Gasteiger partial charge on any atom is 0.272 e. The third-order valence-electron chi connectivity index (χ3n) is 5.62. The zero-order chi connectivity index (χ0) is 25.7. The van der Waals surface area contributed by atoms with Gasteiger partial charge >= 0.3 is 0 Å². The fourth-order valence-electron chi connectivity index (χ4n) is 3.73. The number of para-hydroxylation sites is 1. The highest BCUT2D eigenvalue weighted by Crippen LogP contribution is 2.27. The van der Waals surface area contributed by atoms with E-state index in [0.29, 0.717) is 17.1 Å². The quantitative estimate of drug-likeness (QED) is 0.534. The molecule has 0 aliphatic carbocycles. The van der Waals surface area contributed by atoms with Crippen molar-refractivity contribution in [2.24, 2.45) is 4.99 Å². The Kier molecular flexibility index (Phi) is 7.39. The lowest BCUT2D eigenvalue weighted by molar-refractivity contribution is -0.131. The van der Waals surface area contributed by atoms with E-state index in [1.54, 1.807) is 7.05 Å². The third kappa shape index (κ3) is 5.57. The Morgan fingerprint density at radius 3 is 2.42 bits per heavy atom. The first-order valence-electron chi connectivity index (χ1n) is 11.3. The van der Waals surface area contributed by atoms with Crippen molar-refractivity contribution in [2.75, 3.05) is 18.6 Å². The Morgan fingerprint density at radius 2 is 1.69 bits per heavy atom. The molecule has 0 radical (unpaired) electrons. The first-order valence-corrected chi connectivity index (χ1v) is 11.3. The monoisotopic (exact) mass is 488 g/mol. The molecule has 2 N–H and O–H groups in total. The van der Waals surface area contributed by atoms with E-state index in [-0.39, 0.29) is 6.61 Å². The maximum atomic E-state index is 13.2. The second-order valence-corrected chi connectivity index (χ2v) is 8.20. The minimum atomic E-state index is -1.19. The molecule has 4 rings (SSSR count). The van der Waals surface area contributed by atoms with Crippen molar-refractivity contribution >= 4 is 29.1 Å². The summed E-state index contributed by atoms with van der Waals surface area (Å²) >= 11 is 0. The lowest BCUT2D eigenvalue weighted by Crippen LogP contribution is -2.52. The maximum absolute atomic E-state index is 13.2. The van der Waals surface area contributed by atoms with Gasteiger partial charge in [-0.1, -0.05) is 48.5 Å². The van der Waals surface area contributed by atoms with Gasteiger partial charge in [-0.25, -0.2) is 9.38 Å². The number of carbonyl (C=O) groups is 3. The molecule has 0 bridgehead atoms. The summed E-state index contributed by atoms with van der Waals surface area (Å²) in [5.41, 5.74) is 2.79. The standard InChI is InChI=1S/C27H25FN4O4/c1-17(29-23(33)16-36-20-14-12-19(28)13-15-20)26(34)31-25-27(35)32(2)22-11-7-6-10-21(22)24(30-25)18-8-4-3-5-9-18/h3-15,17,25H,16H2,1-2H3,(H,29,33)(H,31,34)/t17-,25?/m0/s1. The smallest absolute Gasteiger partial charge is 0.272 e. The molecule has 1 unspecified atom stereocenters. The van der Waals surface area contributed by atoms with Gasteiger partial charge in [0, 0.05) is 18.2 Å². The number of nitrogens with one attached hydrogen (secondary N) is 2. The Hall–Kier alpha value is -4.53. The number of benzene rings is 3. The molecular weight excluding hydrogens is 463 g/mol. The van der Waals surface area contributed by atoms with Crippen molar-refractivity contribution in [2.45, 2.75) is 19.1 Å². The van der Waals surface area contributed by atoms with E-state index in [2.05, 4.69) is 15.6 Å². The van der Waals surface area contributed by atoms with Crippen LogP contribution in [0.15, 0.2) is 83.9 Å². The number of amides is 3. The Morgan fingerprint density at radius 1 is 1.03 bits per heavy atom. The largest absolute Gasteiger partial charge is 0.484 e. The van der Waals surface area contributed by atoms with Crippen LogP contribution in [0.2, 0.25) is 0 Å². The number of hydrogen-bond acceptors (Lipinski definition) is 5. The van der Waals surface area contributed by atoms with Crippen LogP contribution in [0.4, 0.5) is 10.1 Å². The number of benzodiazepines with no additional fused rings is 1. The highest BCUT2D eigenvalue weighted by molar-refractivity contribution is 6.20. The van der Waals surface area contributed by atoms with Crippen molar-refractivity contribution in [3.63, 3.8) is 0 Å². The summed E-state index contributed by atoms with van der Waals surface area (Å²) in [5, 5.41) is 5.17. The van der Waals surface area contributed by atoms with E-state index in [1.165, 1.54) is 36.1 Å². The molecule has 3 aromatic rings.